The van der Waals surface area contributed by atoms with E-state index in [1.807, 2.05) is 20.8 Å². The summed E-state index contributed by atoms with van der Waals surface area (Å²) in [7, 11) is 0. The van der Waals surface area contributed by atoms with Crippen LogP contribution in [0.3, 0.4) is 0 Å². The Morgan fingerprint density at radius 2 is 2.00 bits per heavy atom. The van der Waals surface area contributed by atoms with E-state index in [0.29, 0.717) is 13.0 Å². The van der Waals surface area contributed by atoms with Crippen LogP contribution in [0.5, 0.6) is 0 Å². The molecule has 0 aliphatic carbocycles. The van der Waals surface area contributed by atoms with Crippen molar-refractivity contribution >= 4 is 12.0 Å². The molecule has 0 fully saturated rings. The Kier molecular flexibility index (Phi) is 7.08. The van der Waals surface area contributed by atoms with Crippen LogP contribution in [0.25, 0.3) is 0 Å². The van der Waals surface area contributed by atoms with Gasteiger partial charge in [0, 0.05) is 19.0 Å². The van der Waals surface area contributed by atoms with Gasteiger partial charge in [-0.15, -0.1) is 6.58 Å². The largest absolute Gasteiger partial charge is 0.481 e. The second kappa shape index (κ2) is 7.74. The molecule has 5 heteroatoms. The first kappa shape index (κ1) is 16.5. The average molecular weight is 256 g/mol. The Morgan fingerprint density at radius 1 is 1.39 bits per heavy atom. The van der Waals surface area contributed by atoms with Crippen molar-refractivity contribution in [2.45, 2.75) is 46.1 Å². The molecule has 0 aliphatic heterocycles. The lowest BCUT2D eigenvalue weighted by Gasteiger charge is -2.24. The normalized spacial score (nSPS) is 12.6. The summed E-state index contributed by atoms with van der Waals surface area (Å²) in [6, 6.07) is -0.290. The first-order valence-electron chi connectivity index (χ1n) is 6.15. The predicted molar refractivity (Wildman–Crippen MR) is 71.5 cm³/mol. The summed E-state index contributed by atoms with van der Waals surface area (Å²) in [6.45, 7) is 9.95. The number of aliphatic carboxylic acids is 1. The number of amides is 2. The summed E-state index contributed by atoms with van der Waals surface area (Å²) in [4.78, 5) is 21.9. The minimum absolute atomic E-state index is 0.0648. The highest BCUT2D eigenvalue weighted by Crippen LogP contribution is 2.25. The third-order valence-electron chi connectivity index (χ3n) is 2.82. The first-order chi connectivity index (χ1) is 8.26. The molecule has 0 aliphatic rings. The first-order valence-corrected chi connectivity index (χ1v) is 6.15. The number of rotatable bonds is 8. The maximum atomic E-state index is 11.4. The third-order valence-corrected chi connectivity index (χ3v) is 2.82. The molecular weight excluding hydrogens is 232 g/mol. The van der Waals surface area contributed by atoms with Crippen molar-refractivity contribution < 1.29 is 14.7 Å². The molecule has 0 aromatic carbocycles. The van der Waals surface area contributed by atoms with Crippen LogP contribution in [0.15, 0.2) is 12.7 Å². The van der Waals surface area contributed by atoms with Gasteiger partial charge >= 0.3 is 12.0 Å². The van der Waals surface area contributed by atoms with Crippen molar-refractivity contribution in [3.63, 3.8) is 0 Å². The van der Waals surface area contributed by atoms with Gasteiger partial charge in [-0.3, -0.25) is 4.79 Å². The van der Waals surface area contributed by atoms with E-state index in [-0.39, 0.29) is 23.9 Å². The average Bonchev–Trinajstić information content (AvgIpc) is 2.26. The smallest absolute Gasteiger partial charge is 0.315 e. The number of carboxylic acids is 1. The molecule has 1 unspecified atom stereocenters. The maximum absolute atomic E-state index is 11.4. The van der Waals surface area contributed by atoms with Crippen molar-refractivity contribution in [1.82, 2.24) is 10.6 Å². The summed E-state index contributed by atoms with van der Waals surface area (Å²) in [5.74, 6) is -0.784. The summed E-state index contributed by atoms with van der Waals surface area (Å²) >= 11 is 0. The molecule has 0 heterocycles. The highest BCUT2D eigenvalue weighted by molar-refractivity contribution is 5.74. The molecule has 0 saturated heterocycles. The summed E-state index contributed by atoms with van der Waals surface area (Å²) in [6.07, 6.45) is 3.16. The zero-order valence-electron chi connectivity index (χ0n) is 11.5. The van der Waals surface area contributed by atoms with Crippen LogP contribution in [-0.2, 0) is 4.79 Å². The van der Waals surface area contributed by atoms with Gasteiger partial charge in [-0.1, -0.05) is 19.9 Å². The molecule has 0 aromatic rings. The fourth-order valence-electron chi connectivity index (χ4n) is 1.40. The van der Waals surface area contributed by atoms with E-state index in [9.17, 15) is 9.59 Å². The molecule has 5 nitrogen and oxygen atoms in total. The lowest BCUT2D eigenvalue weighted by atomic mass is 9.84. The molecule has 104 valence electrons. The molecule has 0 radical (unpaired) electrons. The lowest BCUT2D eigenvalue weighted by molar-refractivity contribution is -0.137. The highest BCUT2D eigenvalue weighted by atomic mass is 16.4. The van der Waals surface area contributed by atoms with Gasteiger partial charge in [0.05, 0.1) is 0 Å². The Bertz CT molecular complexity index is 301. The zero-order chi connectivity index (χ0) is 14.2. The van der Waals surface area contributed by atoms with E-state index < -0.39 is 5.97 Å². The highest BCUT2D eigenvalue weighted by Gasteiger charge is 2.19. The van der Waals surface area contributed by atoms with E-state index in [4.69, 9.17) is 5.11 Å². The molecule has 18 heavy (non-hydrogen) atoms. The van der Waals surface area contributed by atoms with Crippen LogP contribution < -0.4 is 10.6 Å². The standard InChI is InChI=1S/C13H24N2O3/c1-5-10(2)15-12(18)14-9-8-13(3,4)7-6-11(16)17/h5,10H,1,6-9H2,2-4H3,(H,16,17)(H2,14,15,18). The van der Waals surface area contributed by atoms with Crippen molar-refractivity contribution in [3.05, 3.63) is 12.7 Å². The van der Waals surface area contributed by atoms with E-state index in [2.05, 4.69) is 17.2 Å². The van der Waals surface area contributed by atoms with Crippen LogP contribution in [0.4, 0.5) is 4.79 Å². The molecule has 0 saturated carbocycles. The minimum Gasteiger partial charge on any atom is -0.481 e. The zero-order valence-corrected chi connectivity index (χ0v) is 11.5. The van der Waals surface area contributed by atoms with Crippen molar-refractivity contribution in [3.8, 4) is 0 Å². The van der Waals surface area contributed by atoms with Gasteiger partial charge in [-0.25, -0.2) is 4.79 Å². The Hall–Kier alpha value is -1.52. The fraction of sp³-hybridized carbons (Fsp3) is 0.692. The minimum atomic E-state index is -0.784. The fourth-order valence-corrected chi connectivity index (χ4v) is 1.40. The van der Waals surface area contributed by atoms with E-state index in [1.54, 1.807) is 6.08 Å². The lowest BCUT2D eigenvalue weighted by Crippen LogP contribution is -2.41. The molecule has 3 N–H and O–H groups in total. The number of carboxylic acid groups (broad SMARTS) is 1. The topological polar surface area (TPSA) is 78.4 Å². The molecule has 0 aromatic heterocycles. The molecule has 0 rings (SSSR count). The molecule has 0 spiro atoms. The van der Waals surface area contributed by atoms with Crippen molar-refractivity contribution in [2.24, 2.45) is 5.41 Å². The number of hydrogen-bond acceptors (Lipinski definition) is 2. The maximum Gasteiger partial charge on any atom is 0.315 e. The van der Waals surface area contributed by atoms with Crippen molar-refractivity contribution in [1.29, 1.82) is 0 Å². The van der Waals surface area contributed by atoms with Crippen LogP contribution in [0, 0.1) is 5.41 Å². The molecule has 2 amide bonds. The second-order valence-corrected chi connectivity index (χ2v) is 5.23. The molecular formula is C13H24N2O3. The van der Waals surface area contributed by atoms with Gasteiger partial charge in [0.25, 0.3) is 0 Å². The number of carbonyl (C=O) groups is 2. The van der Waals surface area contributed by atoms with Gasteiger partial charge in [0.2, 0.25) is 0 Å². The Labute approximate surface area is 109 Å². The number of carbonyl (C=O) groups excluding carboxylic acids is 1. The van der Waals surface area contributed by atoms with Gasteiger partial charge in [0.1, 0.15) is 0 Å². The summed E-state index contributed by atoms with van der Waals surface area (Å²) in [5.41, 5.74) is -0.0876. The van der Waals surface area contributed by atoms with E-state index in [1.165, 1.54) is 0 Å². The SMILES string of the molecule is C=CC(C)NC(=O)NCCC(C)(C)CCC(=O)O. The van der Waals surface area contributed by atoms with Crippen molar-refractivity contribution in [2.75, 3.05) is 6.54 Å². The van der Waals surface area contributed by atoms with Crippen LogP contribution in [0.1, 0.15) is 40.0 Å². The number of urea groups is 1. The predicted octanol–water partition coefficient (Wildman–Crippen LogP) is 2.14. The third kappa shape index (κ3) is 8.61. The summed E-state index contributed by atoms with van der Waals surface area (Å²) in [5, 5.41) is 14.1. The number of nitrogens with one attached hydrogen (secondary N) is 2. The quantitative estimate of drug-likeness (QED) is 0.582. The second-order valence-electron chi connectivity index (χ2n) is 5.23. The van der Waals surface area contributed by atoms with E-state index >= 15 is 0 Å². The van der Waals surface area contributed by atoms with Gasteiger partial charge in [-0.2, -0.15) is 0 Å². The van der Waals surface area contributed by atoms with Gasteiger partial charge in [0.15, 0.2) is 0 Å². The Morgan fingerprint density at radius 3 is 2.50 bits per heavy atom. The van der Waals surface area contributed by atoms with Gasteiger partial charge < -0.3 is 15.7 Å². The van der Waals surface area contributed by atoms with Crippen LogP contribution in [-0.4, -0.2) is 29.7 Å². The summed E-state index contributed by atoms with van der Waals surface area (Å²) < 4.78 is 0. The van der Waals surface area contributed by atoms with Gasteiger partial charge in [-0.05, 0) is 25.2 Å². The molecule has 0 bridgehead atoms. The molecule has 1 atom stereocenters. The van der Waals surface area contributed by atoms with E-state index in [0.717, 1.165) is 6.42 Å². The Balaban J connectivity index is 3.84. The monoisotopic (exact) mass is 256 g/mol. The number of hydrogen-bond donors (Lipinski definition) is 3. The van der Waals surface area contributed by atoms with Crippen LogP contribution >= 0.6 is 0 Å². The van der Waals surface area contributed by atoms with Crippen LogP contribution in [0.2, 0.25) is 0 Å².